The molecule has 4 heterocycles. The Morgan fingerprint density at radius 1 is 1.36 bits per heavy atom. The van der Waals surface area contributed by atoms with Gasteiger partial charge in [-0.3, -0.25) is 4.79 Å². The minimum atomic E-state index is -1.07. The van der Waals surface area contributed by atoms with Crippen LogP contribution in [0.2, 0.25) is 0 Å². The Balaban J connectivity index is 1.44. The van der Waals surface area contributed by atoms with E-state index < -0.39 is 23.9 Å². The summed E-state index contributed by atoms with van der Waals surface area (Å²) in [5, 5.41) is 20.7. The zero-order valence-corrected chi connectivity index (χ0v) is 19.1. The third-order valence-electron chi connectivity index (χ3n) is 7.35. The van der Waals surface area contributed by atoms with Gasteiger partial charge in [-0.1, -0.05) is 26.0 Å². The number of nitrogens with zero attached hydrogens (tertiary/aromatic N) is 3. The summed E-state index contributed by atoms with van der Waals surface area (Å²) in [6, 6.07) is 4.24. The fourth-order valence-electron chi connectivity index (χ4n) is 5.61. The molecule has 5 atom stereocenters. The molecule has 3 unspecified atom stereocenters. The van der Waals surface area contributed by atoms with Gasteiger partial charge in [-0.15, -0.1) is 0 Å². The van der Waals surface area contributed by atoms with Gasteiger partial charge in [0, 0.05) is 18.7 Å². The SMILES string of the molecule is CNC[C@@H]1N=C(N)N2CC(NC(=O)c3cccc4c3OCCC4(C)C)[C@@H](O)C23NC(N)=NC13. The zero-order valence-electron chi connectivity index (χ0n) is 19.1. The summed E-state index contributed by atoms with van der Waals surface area (Å²) in [4.78, 5) is 24.2. The molecule has 0 bridgehead atoms. The van der Waals surface area contributed by atoms with Crippen LogP contribution < -0.4 is 32.2 Å². The highest BCUT2D eigenvalue weighted by Gasteiger charge is 2.65. The number of aliphatic hydroxyl groups excluding tert-OH is 1. The lowest BCUT2D eigenvalue weighted by molar-refractivity contribution is 0.0145. The minimum Gasteiger partial charge on any atom is -0.492 e. The van der Waals surface area contributed by atoms with Gasteiger partial charge < -0.3 is 42.2 Å². The second-order valence-electron chi connectivity index (χ2n) is 9.82. The number of amides is 1. The Morgan fingerprint density at radius 3 is 2.91 bits per heavy atom. The summed E-state index contributed by atoms with van der Waals surface area (Å²) in [6.07, 6.45) is -0.147. The van der Waals surface area contributed by atoms with Crippen LogP contribution in [0, 0.1) is 0 Å². The van der Waals surface area contributed by atoms with Crippen molar-refractivity contribution in [1.82, 2.24) is 20.9 Å². The van der Waals surface area contributed by atoms with Gasteiger partial charge in [0.25, 0.3) is 5.91 Å². The number of benzene rings is 1. The number of carbonyl (C=O) groups excluding carboxylic acids is 1. The molecule has 1 spiro atoms. The van der Waals surface area contributed by atoms with E-state index in [1.165, 1.54) is 0 Å². The number of aliphatic hydroxyl groups is 1. The van der Waals surface area contributed by atoms with Gasteiger partial charge in [-0.05, 0) is 24.9 Å². The van der Waals surface area contributed by atoms with Gasteiger partial charge in [0.05, 0.1) is 24.3 Å². The lowest BCUT2D eigenvalue weighted by Crippen LogP contribution is -2.73. The number of likely N-dealkylation sites (N-methyl/N-ethyl adjacent to an activating group) is 1. The molecule has 0 aromatic heterocycles. The smallest absolute Gasteiger partial charge is 0.255 e. The third kappa shape index (κ3) is 3.13. The highest BCUT2D eigenvalue weighted by molar-refractivity contribution is 5.98. The molecular formula is C22H32N8O3. The molecule has 1 aromatic carbocycles. The number of fused-ring (bicyclic) bond motifs is 1. The molecule has 5 rings (SSSR count). The second-order valence-corrected chi connectivity index (χ2v) is 9.82. The highest BCUT2D eigenvalue weighted by Crippen LogP contribution is 2.42. The molecule has 11 nitrogen and oxygen atoms in total. The van der Waals surface area contributed by atoms with Gasteiger partial charge in [0.2, 0.25) is 0 Å². The summed E-state index contributed by atoms with van der Waals surface area (Å²) in [6.45, 7) is 5.63. The summed E-state index contributed by atoms with van der Waals surface area (Å²) < 4.78 is 5.91. The van der Waals surface area contributed by atoms with Crippen molar-refractivity contribution >= 4 is 17.8 Å². The molecule has 1 fully saturated rings. The number of hydrogen-bond donors (Lipinski definition) is 6. The number of nitrogens with one attached hydrogen (secondary N) is 3. The summed E-state index contributed by atoms with van der Waals surface area (Å²) in [5.41, 5.74) is 12.6. The van der Waals surface area contributed by atoms with Crippen LogP contribution in [-0.2, 0) is 5.41 Å². The van der Waals surface area contributed by atoms with E-state index in [0.29, 0.717) is 24.5 Å². The molecule has 0 saturated carbocycles. The topological polar surface area (TPSA) is 163 Å². The van der Waals surface area contributed by atoms with Crippen molar-refractivity contribution in [3.05, 3.63) is 29.3 Å². The number of nitrogens with two attached hydrogens (primary N) is 2. The van der Waals surface area contributed by atoms with E-state index in [0.717, 1.165) is 12.0 Å². The number of para-hydroxylation sites is 1. The van der Waals surface area contributed by atoms with Crippen LogP contribution in [0.4, 0.5) is 0 Å². The Bertz CT molecular complexity index is 1040. The molecule has 33 heavy (non-hydrogen) atoms. The first-order chi connectivity index (χ1) is 15.7. The summed E-state index contributed by atoms with van der Waals surface area (Å²) >= 11 is 0. The van der Waals surface area contributed by atoms with E-state index in [9.17, 15) is 9.90 Å². The average molecular weight is 457 g/mol. The minimum absolute atomic E-state index is 0.0839. The first kappa shape index (κ1) is 21.8. The Labute approximate surface area is 192 Å². The summed E-state index contributed by atoms with van der Waals surface area (Å²) in [7, 11) is 1.82. The molecule has 1 aromatic rings. The van der Waals surface area contributed by atoms with E-state index >= 15 is 0 Å². The molecule has 11 heteroatoms. The maximum Gasteiger partial charge on any atom is 0.255 e. The van der Waals surface area contributed by atoms with Crippen LogP contribution in [0.1, 0.15) is 36.2 Å². The van der Waals surface area contributed by atoms with Crippen LogP contribution in [0.15, 0.2) is 28.2 Å². The Hall–Kier alpha value is -3.05. The number of hydrogen-bond acceptors (Lipinski definition) is 10. The Kier molecular flexibility index (Phi) is 4.94. The van der Waals surface area contributed by atoms with Crippen molar-refractivity contribution in [1.29, 1.82) is 0 Å². The number of carbonyl (C=O) groups is 1. The van der Waals surface area contributed by atoms with Crippen LogP contribution in [0.25, 0.3) is 0 Å². The fraction of sp³-hybridized carbons (Fsp3) is 0.591. The number of aliphatic imine (C=N–C) groups is 2. The predicted molar refractivity (Wildman–Crippen MR) is 124 cm³/mol. The van der Waals surface area contributed by atoms with Gasteiger partial charge in [0.15, 0.2) is 17.6 Å². The average Bonchev–Trinajstić information content (AvgIpc) is 3.25. The first-order valence-corrected chi connectivity index (χ1v) is 11.3. The molecule has 8 N–H and O–H groups in total. The van der Waals surface area contributed by atoms with Gasteiger partial charge in [-0.2, -0.15) is 0 Å². The maximum absolute atomic E-state index is 13.4. The third-order valence-corrected chi connectivity index (χ3v) is 7.35. The number of guanidine groups is 2. The predicted octanol–water partition coefficient (Wildman–Crippen LogP) is -1.58. The summed E-state index contributed by atoms with van der Waals surface area (Å²) in [5.74, 6) is 0.793. The standard InChI is InChI=1S/C22H32N8O3/c1-21(2)7-8-33-15-11(5-4-6-12(15)21)18(32)26-14-10-30-20(24)27-13(9-25-3)16-22(30,17(14)31)29-19(23)28-16/h4-6,13-14,16-17,25,31H,7-10H2,1-3H3,(H2,24,27)(H,26,32)(H3,23,28,29)/t13-,14?,16?,17+,22?/m0/s1. The molecule has 4 aliphatic heterocycles. The van der Waals surface area contributed by atoms with E-state index in [1.807, 2.05) is 19.2 Å². The monoisotopic (exact) mass is 456 g/mol. The zero-order chi connectivity index (χ0) is 23.5. The lowest BCUT2D eigenvalue weighted by Gasteiger charge is -2.46. The molecule has 4 aliphatic rings. The van der Waals surface area contributed by atoms with Crippen molar-refractivity contribution in [3.63, 3.8) is 0 Å². The number of ether oxygens (including phenoxy) is 1. The quantitative estimate of drug-likeness (QED) is 0.316. The van der Waals surface area contributed by atoms with E-state index in [-0.39, 0.29) is 35.8 Å². The largest absolute Gasteiger partial charge is 0.492 e. The fourth-order valence-corrected chi connectivity index (χ4v) is 5.61. The molecule has 1 amide bonds. The van der Waals surface area contributed by atoms with Crippen molar-refractivity contribution in [2.45, 2.75) is 55.6 Å². The number of rotatable bonds is 4. The normalized spacial score (nSPS) is 33.6. The van der Waals surface area contributed by atoms with Gasteiger partial charge >= 0.3 is 0 Å². The van der Waals surface area contributed by atoms with Crippen molar-refractivity contribution in [3.8, 4) is 5.75 Å². The van der Waals surface area contributed by atoms with Crippen molar-refractivity contribution < 1.29 is 14.6 Å². The lowest BCUT2D eigenvalue weighted by atomic mass is 9.79. The van der Waals surface area contributed by atoms with Crippen molar-refractivity contribution in [2.75, 3.05) is 26.7 Å². The highest BCUT2D eigenvalue weighted by atomic mass is 16.5. The molecule has 1 saturated heterocycles. The Morgan fingerprint density at radius 2 is 2.15 bits per heavy atom. The van der Waals surface area contributed by atoms with Crippen LogP contribution in [-0.4, -0.2) is 84.5 Å². The van der Waals surface area contributed by atoms with Gasteiger partial charge in [-0.25, -0.2) is 9.98 Å². The van der Waals surface area contributed by atoms with Crippen LogP contribution >= 0.6 is 0 Å². The van der Waals surface area contributed by atoms with Crippen LogP contribution in [0.3, 0.4) is 0 Å². The van der Waals surface area contributed by atoms with Crippen molar-refractivity contribution in [2.24, 2.45) is 21.5 Å². The van der Waals surface area contributed by atoms with E-state index in [4.69, 9.17) is 16.2 Å². The molecule has 0 radical (unpaired) electrons. The van der Waals surface area contributed by atoms with E-state index in [1.54, 1.807) is 11.0 Å². The van der Waals surface area contributed by atoms with E-state index in [2.05, 4.69) is 39.8 Å². The molecule has 0 aliphatic carbocycles. The molecular weight excluding hydrogens is 424 g/mol. The molecule has 178 valence electrons. The first-order valence-electron chi connectivity index (χ1n) is 11.3. The maximum atomic E-state index is 13.4. The van der Waals surface area contributed by atoms with Gasteiger partial charge in [0.1, 0.15) is 17.9 Å². The van der Waals surface area contributed by atoms with Crippen LogP contribution in [0.5, 0.6) is 5.75 Å². The second kappa shape index (κ2) is 7.49.